The first-order chi connectivity index (χ1) is 9.93. The van der Waals surface area contributed by atoms with Gasteiger partial charge in [0.25, 0.3) is 5.69 Å². The first-order valence-electron chi connectivity index (χ1n) is 6.83. The number of aliphatic hydroxyl groups is 2. The Kier molecular flexibility index (Phi) is 7.07. The number of nitro groups is 1. The number of ether oxygens (including phenoxy) is 1. The molecule has 21 heavy (non-hydrogen) atoms. The van der Waals surface area contributed by atoms with Gasteiger partial charge in [-0.15, -0.1) is 0 Å². The fourth-order valence-corrected chi connectivity index (χ4v) is 1.69. The molecule has 0 aliphatic carbocycles. The van der Waals surface area contributed by atoms with Crippen LogP contribution >= 0.6 is 0 Å². The van der Waals surface area contributed by atoms with E-state index in [1.165, 1.54) is 18.2 Å². The Hall–Kier alpha value is -1.70. The normalized spacial score (nSPS) is 12.4. The molecule has 0 radical (unpaired) electrons. The van der Waals surface area contributed by atoms with Gasteiger partial charge in [-0.2, -0.15) is 0 Å². The van der Waals surface area contributed by atoms with Crippen LogP contribution in [0.15, 0.2) is 18.2 Å². The van der Waals surface area contributed by atoms with Gasteiger partial charge in [0.15, 0.2) is 0 Å². The monoisotopic (exact) mass is 298 g/mol. The number of rotatable bonds is 9. The lowest BCUT2D eigenvalue weighted by Crippen LogP contribution is -2.23. The molecule has 0 spiro atoms. The Bertz CT molecular complexity index is 465. The highest BCUT2D eigenvalue weighted by Gasteiger charge is 2.13. The molecule has 3 N–H and O–H groups in total. The summed E-state index contributed by atoms with van der Waals surface area (Å²) in [4.78, 5) is 10.4. The average molecular weight is 298 g/mol. The molecule has 0 fully saturated rings. The fourth-order valence-electron chi connectivity index (χ4n) is 1.69. The standard InChI is InChI=1S/C14H22N2O5/c1-10(2)6-15-7-11-5-12(16(19)20)3-4-14(11)21-9-13(18)8-17/h3-5,10,13,15,17-18H,6-9H2,1-2H3. The Morgan fingerprint density at radius 2 is 2.14 bits per heavy atom. The predicted octanol–water partition coefficient (Wildman–Crippen LogP) is 1.07. The Morgan fingerprint density at radius 3 is 2.71 bits per heavy atom. The predicted molar refractivity (Wildman–Crippen MR) is 78.2 cm³/mol. The van der Waals surface area contributed by atoms with Gasteiger partial charge >= 0.3 is 0 Å². The third-order valence-corrected chi connectivity index (χ3v) is 2.76. The van der Waals surface area contributed by atoms with Gasteiger partial charge in [-0.25, -0.2) is 0 Å². The Morgan fingerprint density at radius 1 is 1.43 bits per heavy atom. The van der Waals surface area contributed by atoms with Crippen molar-refractivity contribution in [3.8, 4) is 5.75 Å². The summed E-state index contributed by atoms with van der Waals surface area (Å²) in [6.07, 6.45) is -0.975. The van der Waals surface area contributed by atoms with Crippen LogP contribution in [0.5, 0.6) is 5.75 Å². The Labute approximate surface area is 123 Å². The second-order valence-electron chi connectivity index (χ2n) is 5.22. The van der Waals surface area contributed by atoms with Crippen molar-refractivity contribution in [2.24, 2.45) is 5.92 Å². The average Bonchev–Trinajstić information content (AvgIpc) is 2.44. The third kappa shape index (κ3) is 6.07. The van der Waals surface area contributed by atoms with Crippen molar-refractivity contribution >= 4 is 5.69 Å². The summed E-state index contributed by atoms with van der Waals surface area (Å²) in [7, 11) is 0. The van der Waals surface area contributed by atoms with Gasteiger partial charge in [0, 0.05) is 24.2 Å². The number of nitro benzene ring substituents is 1. The molecule has 0 amide bonds. The molecule has 7 heteroatoms. The lowest BCUT2D eigenvalue weighted by Gasteiger charge is -2.14. The zero-order chi connectivity index (χ0) is 15.8. The van der Waals surface area contributed by atoms with Gasteiger partial charge < -0.3 is 20.3 Å². The molecule has 0 heterocycles. The number of nitrogens with zero attached hydrogens (tertiary/aromatic N) is 1. The van der Waals surface area contributed by atoms with E-state index in [1.807, 2.05) is 0 Å². The topological polar surface area (TPSA) is 105 Å². The van der Waals surface area contributed by atoms with Gasteiger partial charge in [-0.1, -0.05) is 13.8 Å². The van der Waals surface area contributed by atoms with Crippen LogP contribution in [-0.4, -0.2) is 41.0 Å². The van der Waals surface area contributed by atoms with Crippen LogP contribution in [0.2, 0.25) is 0 Å². The number of hydrogen-bond acceptors (Lipinski definition) is 6. The fraction of sp³-hybridized carbons (Fsp3) is 0.571. The molecular weight excluding hydrogens is 276 g/mol. The number of aliphatic hydroxyl groups excluding tert-OH is 2. The molecule has 1 aromatic rings. The molecule has 0 aliphatic rings. The van der Waals surface area contributed by atoms with E-state index in [2.05, 4.69) is 19.2 Å². The van der Waals surface area contributed by atoms with Crippen molar-refractivity contribution < 1.29 is 19.9 Å². The van der Waals surface area contributed by atoms with Gasteiger partial charge in [-0.3, -0.25) is 10.1 Å². The van der Waals surface area contributed by atoms with Crippen molar-refractivity contribution in [2.75, 3.05) is 19.8 Å². The summed E-state index contributed by atoms with van der Waals surface area (Å²) >= 11 is 0. The lowest BCUT2D eigenvalue weighted by molar-refractivity contribution is -0.384. The molecule has 0 saturated carbocycles. The summed E-state index contributed by atoms with van der Waals surface area (Å²) < 4.78 is 5.41. The highest BCUT2D eigenvalue weighted by atomic mass is 16.6. The minimum atomic E-state index is -0.975. The lowest BCUT2D eigenvalue weighted by atomic mass is 10.1. The highest BCUT2D eigenvalue weighted by Crippen LogP contribution is 2.24. The maximum atomic E-state index is 10.8. The van der Waals surface area contributed by atoms with Gasteiger partial charge in [0.1, 0.15) is 18.5 Å². The third-order valence-electron chi connectivity index (χ3n) is 2.76. The maximum absolute atomic E-state index is 10.8. The highest BCUT2D eigenvalue weighted by molar-refractivity contribution is 5.43. The number of hydrogen-bond donors (Lipinski definition) is 3. The van der Waals surface area contributed by atoms with E-state index in [0.717, 1.165) is 6.54 Å². The summed E-state index contributed by atoms with van der Waals surface area (Å²) in [5.41, 5.74) is 0.640. The second-order valence-corrected chi connectivity index (χ2v) is 5.22. The zero-order valence-electron chi connectivity index (χ0n) is 12.3. The van der Waals surface area contributed by atoms with E-state index in [0.29, 0.717) is 23.8 Å². The van der Waals surface area contributed by atoms with Crippen LogP contribution < -0.4 is 10.1 Å². The van der Waals surface area contributed by atoms with Crippen molar-refractivity contribution in [3.05, 3.63) is 33.9 Å². The van der Waals surface area contributed by atoms with Crippen LogP contribution in [0.3, 0.4) is 0 Å². The Balaban J connectivity index is 2.81. The van der Waals surface area contributed by atoms with Crippen LogP contribution in [0.25, 0.3) is 0 Å². The van der Waals surface area contributed by atoms with Crippen molar-refractivity contribution in [1.29, 1.82) is 0 Å². The van der Waals surface area contributed by atoms with Crippen molar-refractivity contribution in [1.82, 2.24) is 5.32 Å². The van der Waals surface area contributed by atoms with Gasteiger partial charge in [0.2, 0.25) is 0 Å². The van der Waals surface area contributed by atoms with Crippen molar-refractivity contribution in [3.63, 3.8) is 0 Å². The van der Waals surface area contributed by atoms with E-state index >= 15 is 0 Å². The molecule has 0 bridgehead atoms. The van der Waals surface area contributed by atoms with Crippen LogP contribution in [0.4, 0.5) is 5.69 Å². The van der Waals surface area contributed by atoms with Crippen LogP contribution in [0, 0.1) is 16.0 Å². The van der Waals surface area contributed by atoms with E-state index in [-0.39, 0.29) is 12.3 Å². The van der Waals surface area contributed by atoms with Crippen molar-refractivity contribution in [2.45, 2.75) is 26.5 Å². The van der Waals surface area contributed by atoms with E-state index in [4.69, 9.17) is 9.84 Å². The number of nitrogens with one attached hydrogen (secondary N) is 1. The largest absolute Gasteiger partial charge is 0.490 e. The van der Waals surface area contributed by atoms with E-state index in [1.54, 1.807) is 0 Å². The second kappa shape index (κ2) is 8.56. The summed E-state index contributed by atoms with van der Waals surface area (Å²) in [5, 5.41) is 32.1. The minimum Gasteiger partial charge on any atom is -0.490 e. The van der Waals surface area contributed by atoms with Gasteiger partial charge in [0.05, 0.1) is 11.5 Å². The molecule has 1 aromatic carbocycles. The molecule has 118 valence electrons. The maximum Gasteiger partial charge on any atom is 0.270 e. The summed E-state index contributed by atoms with van der Waals surface area (Å²) in [6.45, 7) is 4.89. The molecule has 1 atom stereocenters. The summed E-state index contributed by atoms with van der Waals surface area (Å²) in [6, 6.07) is 4.31. The molecule has 1 rings (SSSR count). The SMILES string of the molecule is CC(C)CNCc1cc([N+](=O)[O-])ccc1OCC(O)CO. The van der Waals surface area contributed by atoms with Crippen LogP contribution in [0.1, 0.15) is 19.4 Å². The quantitative estimate of drug-likeness (QED) is 0.465. The molecule has 7 nitrogen and oxygen atoms in total. The molecule has 0 aromatic heterocycles. The first kappa shape index (κ1) is 17.4. The molecule has 0 aliphatic heterocycles. The van der Waals surface area contributed by atoms with E-state index < -0.39 is 17.6 Å². The number of benzene rings is 1. The first-order valence-corrected chi connectivity index (χ1v) is 6.83. The molecular formula is C14H22N2O5. The summed E-state index contributed by atoms with van der Waals surface area (Å²) in [5.74, 6) is 0.925. The molecule has 1 unspecified atom stereocenters. The molecule has 0 saturated heterocycles. The minimum absolute atomic E-state index is 0.00796. The number of non-ortho nitro benzene ring substituents is 1. The zero-order valence-corrected chi connectivity index (χ0v) is 12.3. The smallest absolute Gasteiger partial charge is 0.270 e. The van der Waals surface area contributed by atoms with Crippen LogP contribution in [-0.2, 0) is 6.54 Å². The van der Waals surface area contributed by atoms with E-state index in [9.17, 15) is 15.2 Å². The van der Waals surface area contributed by atoms with Gasteiger partial charge in [-0.05, 0) is 18.5 Å².